The Kier molecular flexibility index (Phi) is 4.16. The molecule has 3 atom stereocenters. The van der Waals surface area contributed by atoms with Crippen molar-refractivity contribution in [2.24, 2.45) is 17.8 Å². The van der Waals surface area contributed by atoms with E-state index in [1.165, 1.54) is 32.1 Å². The van der Waals surface area contributed by atoms with E-state index in [-0.39, 0.29) is 0 Å². The fraction of sp³-hybridized carbons (Fsp3) is 0.789. The summed E-state index contributed by atoms with van der Waals surface area (Å²) in [5, 5.41) is 7.46. The molecule has 0 aromatic carbocycles. The van der Waals surface area contributed by atoms with Crippen LogP contribution < -0.4 is 0 Å². The lowest BCUT2D eigenvalue weighted by Crippen LogP contribution is -2.40. The van der Waals surface area contributed by atoms with Gasteiger partial charge in [0.05, 0.1) is 5.69 Å². The molecule has 2 saturated carbocycles. The molecule has 0 unspecified atom stereocenters. The van der Waals surface area contributed by atoms with Crippen LogP contribution in [0.2, 0.25) is 0 Å². The van der Waals surface area contributed by atoms with Crippen LogP contribution in [0.3, 0.4) is 0 Å². The highest BCUT2D eigenvalue weighted by molar-refractivity contribution is 5.82. The van der Waals surface area contributed by atoms with Gasteiger partial charge >= 0.3 is 0 Å². The van der Waals surface area contributed by atoms with Crippen molar-refractivity contribution in [2.75, 3.05) is 13.1 Å². The zero-order chi connectivity index (χ0) is 15.8. The molecule has 1 N–H and O–H groups in total. The van der Waals surface area contributed by atoms with E-state index in [1.54, 1.807) is 0 Å². The van der Waals surface area contributed by atoms with E-state index in [9.17, 15) is 4.79 Å². The van der Waals surface area contributed by atoms with Gasteiger partial charge in [-0.2, -0.15) is 5.10 Å². The number of aryl methyl sites for hydroxylation is 1. The van der Waals surface area contributed by atoms with Crippen LogP contribution in [0.5, 0.6) is 0 Å². The molecular formula is C19H29N3O. The van der Waals surface area contributed by atoms with Gasteiger partial charge in [0.15, 0.2) is 0 Å². The number of carbonyl (C=O) groups excluding carboxylic acids is 1. The number of likely N-dealkylation sites (tertiary alicyclic amines) is 1. The topological polar surface area (TPSA) is 49.0 Å². The minimum Gasteiger partial charge on any atom is -0.342 e. The van der Waals surface area contributed by atoms with Gasteiger partial charge in [0.2, 0.25) is 5.91 Å². The number of rotatable bonds is 3. The summed E-state index contributed by atoms with van der Waals surface area (Å²) in [5.41, 5.74) is 2.25. The highest BCUT2D eigenvalue weighted by Crippen LogP contribution is 2.50. The summed E-state index contributed by atoms with van der Waals surface area (Å²) in [6, 6.07) is 2.14. The number of H-pyrrole nitrogens is 1. The molecule has 1 aromatic rings. The van der Waals surface area contributed by atoms with Crippen molar-refractivity contribution >= 4 is 5.91 Å². The van der Waals surface area contributed by atoms with Gasteiger partial charge in [0.25, 0.3) is 0 Å². The van der Waals surface area contributed by atoms with E-state index in [1.807, 2.05) is 6.92 Å². The molecule has 4 rings (SSSR count). The largest absolute Gasteiger partial charge is 0.342 e. The van der Waals surface area contributed by atoms with Gasteiger partial charge in [0.1, 0.15) is 0 Å². The van der Waals surface area contributed by atoms with Gasteiger partial charge in [-0.3, -0.25) is 9.89 Å². The second-order valence-electron chi connectivity index (χ2n) is 8.00. The predicted molar refractivity (Wildman–Crippen MR) is 90.1 cm³/mol. The van der Waals surface area contributed by atoms with Crippen LogP contribution in [-0.2, 0) is 4.79 Å². The zero-order valence-electron chi connectivity index (χ0n) is 14.3. The first-order valence-corrected chi connectivity index (χ1v) is 9.53. The van der Waals surface area contributed by atoms with Crippen LogP contribution >= 0.6 is 0 Å². The summed E-state index contributed by atoms with van der Waals surface area (Å²) in [5.74, 6) is 2.75. The number of hydrogen-bond acceptors (Lipinski definition) is 2. The van der Waals surface area contributed by atoms with Crippen molar-refractivity contribution < 1.29 is 4.79 Å². The van der Waals surface area contributed by atoms with Gasteiger partial charge in [-0.05, 0) is 44.1 Å². The van der Waals surface area contributed by atoms with Gasteiger partial charge in [0, 0.05) is 30.6 Å². The summed E-state index contributed by atoms with van der Waals surface area (Å²) in [4.78, 5) is 15.0. The highest BCUT2D eigenvalue weighted by atomic mass is 16.2. The molecule has 4 heteroatoms. The number of nitrogens with one attached hydrogen (secondary N) is 1. The Hall–Kier alpha value is -1.32. The number of amides is 1. The van der Waals surface area contributed by atoms with Crippen LogP contribution in [-0.4, -0.2) is 34.1 Å². The Morgan fingerprint density at radius 1 is 1.22 bits per heavy atom. The fourth-order valence-electron chi connectivity index (χ4n) is 4.88. The lowest BCUT2D eigenvalue weighted by Gasteiger charge is -2.32. The van der Waals surface area contributed by atoms with E-state index in [2.05, 4.69) is 21.2 Å². The summed E-state index contributed by atoms with van der Waals surface area (Å²) in [6.07, 6.45) is 10.3. The maximum Gasteiger partial charge on any atom is 0.226 e. The van der Waals surface area contributed by atoms with E-state index in [4.69, 9.17) is 0 Å². The van der Waals surface area contributed by atoms with Crippen molar-refractivity contribution in [2.45, 2.75) is 64.2 Å². The average molecular weight is 315 g/mol. The molecular weight excluding hydrogens is 286 g/mol. The monoisotopic (exact) mass is 315 g/mol. The number of carbonyl (C=O) groups is 1. The SMILES string of the molecule is Cc1cc([C@@H]2CCCN(C(=O)[C@H]3C[C@H]3C3CCCCC3)C2)n[nH]1. The van der Waals surface area contributed by atoms with Crippen molar-refractivity contribution in [3.8, 4) is 0 Å². The Balaban J connectivity index is 1.35. The maximum atomic E-state index is 12.9. The zero-order valence-corrected chi connectivity index (χ0v) is 14.3. The van der Waals surface area contributed by atoms with Crippen LogP contribution in [0.4, 0.5) is 0 Å². The van der Waals surface area contributed by atoms with Gasteiger partial charge in [-0.1, -0.05) is 32.1 Å². The molecule has 1 amide bonds. The normalized spacial score (nSPS) is 32.0. The second kappa shape index (κ2) is 6.29. The molecule has 4 nitrogen and oxygen atoms in total. The molecule has 23 heavy (non-hydrogen) atoms. The van der Waals surface area contributed by atoms with E-state index in [0.717, 1.165) is 49.7 Å². The third-order valence-electron chi connectivity index (χ3n) is 6.29. The molecule has 2 aliphatic carbocycles. The van der Waals surface area contributed by atoms with Gasteiger partial charge in [-0.25, -0.2) is 0 Å². The van der Waals surface area contributed by atoms with Crippen molar-refractivity contribution in [1.29, 1.82) is 0 Å². The molecule has 0 bridgehead atoms. The van der Waals surface area contributed by atoms with Crippen LogP contribution in [0.1, 0.15) is 68.7 Å². The minimum absolute atomic E-state index is 0.345. The molecule has 3 fully saturated rings. The number of aromatic amines is 1. The molecule has 0 spiro atoms. The first-order chi connectivity index (χ1) is 11.2. The Labute approximate surface area is 139 Å². The number of aromatic nitrogens is 2. The Morgan fingerprint density at radius 3 is 2.78 bits per heavy atom. The van der Waals surface area contributed by atoms with Crippen molar-refractivity contribution in [3.05, 3.63) is 17.5 Å². The fourth-order valence-corrected chi connectivity index (χ4v) is 4.88. The van der Waals surface area contributed by atoms with Crippen LogP contribution in [0.25, 0.3) is 0 Å². The molecule has 2 heterocycles. The first-order valence-electron chi connectivity index (χ1n) is 9.53. The number of hydrogen-bond donors (Lipinski definition) is 1. The highest BCUT2D eigenvalue weighted by Gasteiger charge is 2.49. The van der Waals surface area contributed by atoms with E-state index in [0.29, 0.717) is 23.7 Å². The number of nitrogens with zero attached hydrogens (tertiary/aromatic N) is 2. The summed E-state index contributed by atoms with van der Waals surface area (Å²) < 4.78 is 0. The Bertz CT molecular complexity index is 561. The summed E-state index contributed by atoms with van der Waals surface area (Å²) >= 11 is 0. The molecule has 1 aromatic heterocycles. The van der Waals surface area contributed by atoms with Crippen molar-refractivity contribution in [1.82, 2.24) is 15.1 Å². The van der Waals surface area contributed by atoms with Gasteiger partial charge in [-0.15, -0.1) is 0 Å². The molecule has 1 saturated heterocycles. The Morgan fingerprint density at radius 2 is 2.04 bits per heavy atom. The third-order valence-corrected chi connectivity index (χ3v) is 6.29. The van der Waals surface area contributed by atoms with Gasteiger partial charge < -0.3 is 4.90 Å². The second-order valence-corrected chi connectivity index (χ2v) is 8.00. The predicted octanol–water partition coefficient (Wildman–Crippen LogP) is 3.64. The van der Waals surface area contributed by atoms with Crippen LogP contribution in [0.15, 0.2) is 6.07 Å². The molecule has 126 valence electrons. The molecule has 1 aliphatic heterocycles. The average Bonchev–Trinajstić information content (AvgIpc) is 3.29. The standard InChI is InChI=1S/C19H29N3O/c1-13-10-18(21-20-13)15-8-5-9-22(12-15)19(23)17-11-16(17)14-6-3-2-4-7-14/h10,14-17H,2-9,11-12H2,1H3,(H,20,21)/t15-,16+,17+/m1/s1. The lowest BCUT2D eigenvalue weighted by atomic mass is 9.85. The number of piperidine rings is 1. The summed E-state index contributed by atoms with van der Waals surface area (Å²) in [7, 11) is 0. The minimum atomic E-state index is 0.345. The first kappa shape index (κ1) is 15.2. The molecule has 0 radical (unpaired) electrons. The quantitative estimate of drug-likeness (QED) is 0.925. The third kappa shape index (κ3) is 3.17. The molecule has 3 aliphatic rings. The maximum absolute atomic E-state index is 12.9. The lowest BCUT2D eigenvalue weighted by molar-refractivity contribution is -0.134. The van der Waals surface area contributed by atoms with E-state index >= 15 is 0 Å². The van der Waals surface area contributed by atoms with E-state index < -0.39 is 0 Å². The summed E-state index contributed by atoms with van der Waals surface area (Å²) in [6.45, 7) is 3.87. The van der Waals surface area contributed by atoms with Crippen LogP contribution in [0, 0.1) is 24.7 Å². The smallest absolute Gasteiger partial charge is 0.226 e. The van der Waals surface area contributed by atoms with Crippen molar-refractivity contribution in [3.63, 3.8) is 0 Å².